The minimum absolute atomic E-state index is 0.473. The van der Waals surface area contributed by atoms with E-state index in [1.54, 1.807) is 14.2 Å². The predicted octanol–water partition coefficient (Wildman–Crippen LogP) is 2.28. The van der Waals surface area contributed by atoms with Crippen molar-refractivity contribution in [3.05, 3.63) is 24.3 Å². The number of aliphatic carboxylic acids is 1. The van der Waals surface area contributed by atoms with Crippen molar-refractivity contribution in [1.29, 1.82) is 0 Å². The molecule has 1 aliphatic rings. The fourth-order valence-corrected chi connectivity index (χ4v) is 3.18. The number of ether oxygens (including phenoxy) is 3. The number of rotatable bonds is 9. The SMILES string of the molecule is COCC[C@]1(C(=O)O)CCCN(CCOc2cccc(OC)c2)C1. The van der Waals surface area contributed by atoms with Crippen molar-refractivity contribution in [2.24, 2.45) is 5.41 Å². The van der Waals surface area contributed by atoms with Crippen LogP contribution in [0.4, 0.5) is 0 Å². The highest BCUT2D eigenvalue weighted by molar-refractivity contribution is 5.75. The summed E-state index contributed by atoms with van der Waals surface area (Å²) < 4.78 is 16.0. The smallest absolute Gasteiger partial charge is 0.311 e. The predicted molar refractivity (Wildman–Crippen MR) is 90.7 cm³/mol. The van der Waals surface area contributed by atoms with Crippen LogP contribution in [0.25, 0.3) is 0 Å². The van der Waals surface area contributed by atoms with E-state index in [4.69, 9.17) is 14.2 Å². The van der Waals surface area contributed by atoms with Crippen molar-refractivity contribution in [3.63, 3.8) is 0 Å². The summed E-state index contributed by atoms with van der Waals surface area (Å²) in [4.78, 5) is 13.9. The van der Waals surface area contributed by atoms with E-state index in [0.29, 0.717) is 39.1 Å². The van der Waals surface area contributed by atoms with Crippen LogP contribution in [-0.4, -0.2) is 63.0 Å². The molecule has 6 heteroatoms. The summed E-state index contributed by atoms with van der Waals surface area (Å²) in [5.41, 5.74) is -0.704. The Kier molecular flexibility index (Phi) is 6.87. The monoisotopic (exact) mass is 337 g/mol. The van der Waals surface area contributed by atoms with Crippen molar-refractivity contribution in [1.82, 2.24) is 4.90 Å². The fraction of sp³-hybridized carbons (Fsp3) is 0.611. The molecule has 1 aromatic rings. The molecule has 24 heavy (non-hydrogen) atoms. The summed E-state index contributed by atoms with van der Waals surface area (Å²) in [6.07, 6.45) is 2.14. The standard InChI is InChI=1S/C18H27NO5/c1-22-11-8-18(17(20)21)7-4-9-19(14-18)10-12-24-16-6-3-5-15(13-16)23-2/h3,5-6,13H,4,7-12,14H2,1-2H3,(H,20,21)/t18-/m1/s1. The first-order valence-corrected chi connectivity index (χ1v) is 8.31. The van der Waals surface area contributed by atoms with Gasteiger partial charge in [-0.1, -0.05) is 6.07 Å². The normalized spacial score (nSPS) is 21.4. The third kappa shape index (κ3) is 4.85. The van der Waals surface area contributed by atoms with Gasteiger partial charge in [0.25, 0.3) is 0 Å². The van der Waals surface area contributed by atoms with Crippen molar-refractivity contribution < 1.29 is 24.1 Å². The average molecular weight is 337 g/mol. The first-order chi connectivity index (χ1) is 11.6. The van der Waals surface area contributed by atoms with Gasteiger partial charge in [-0.2, -0.15) is 0 Å². The van der Waals surface area contributed by atoms with Crippen LogP contribution in [-0.2, 0) is 9.53 Å². The topological polar surface area (TPSA) is 68.2 Å². The molecule has 0 spiro atoms. The Hall–Kier alpha value is -1.79. The van der Waals surface area contributed by atoms with E-state index >= 15 is 0 Å². The van der Waals surface area contributed by atoms with Gasteiger partial charge in [0.1, 0.15) is 18.1 Å². The van der Waals surface area contributed by atoms with E-state index in [0.717, 1.165) is 24.5 Å². The third-order valence-corrected chi connectivity index (χ3v) is 4.61. The minimum Gasteiger partial charge on any atom is -0.497 e. The maximum absolute atomic E-state index is 11.8. The number of hydrogen-bond acceptors (Lipinski definition) is 5. The summed E-state index contributed by atoms with van der Waals surface area (Å²) in [5, 5.41) is 9.67. The molecule has 0 saturated carbocycles. The number of hydrogen-bond donors (Lipinski definition) is 1. The van der Waals surface area contributed by atoms with E-state index in [1.165, 1.54) is 0 Å². The first kappa shape index (κ1) is 18.5. The highest BCUT2D eigenvalue weighted by Gasteiger charge is 2.41. The molecule has 1 heterocycles. The summed E-state index contributed by atoms with van der Waals surface area (Å²) >= 11 is 0. The van der Waals surface area contributed by atoms with Gasteiger partial charge in [-0.05, 0) is 37.9 Å². The number of methoxy groups -OCH3 is 2. The maximum Gasteiger partial charge on any atom is 0.311 e. The molecule has 0 aliphatic carbocycles. The quantitative estimate of drug-likeness (QED) is 0.746. The van der Waals surface area contributed by atoms with Crippen molar-refractivity contribution in [3.8, 4) is 11.5 Å². The van der Waals surface area contributed by atoms with Gasteiger partial charge < -0.3 is 19.3 Å². The molecule has 6 nitrogen and oxygen atoms in total. The van der Waals surface area contributed by atoms with Crippen LogP contribution in [0, 0.1) is 5.41 Å². The molecule has 2 rings (SSSR count). The molecule has 0 radical (unpaired) electrons. The first-order valence-electron chi connectivity index (χ1n) is 8.31. The zero-order valence-electron chi connectivity index (χ0n) is 14.5. The number of carbonyl (C=O) groups is 1. The molecule has 1 aliphatic heterocycles. The van der Waals surface area contributed by atoms with E-state index in [-0.39, 0.29) is 0 Å². The third-order valence-electron chi connectivity index (χ3n) is 4.61. The summed E-state index contributed by atoms with van der Waals surface area (Å²) in [5.74, 6) is 0.795. The molecule has 0 amide bonds. The van der Waals surface area contributed by atoms with Gasteiger partial charge >= 0.3 is 5.97 Å². The number of carboxylic acid groups (broad SMARTS) is 1. The highest BCUT2D eigenvalue weighted by atomic mass is 16.5. The van der Waals surface area contributed by atoms with Crippen LogP contribution in [0.15, 0.2) is 24.3 Å². The van der Waals surface area contributed by atoms with Crippen LogP contribution < -0.4 is 9.47 Å². The molecule has 134 valence electrons. The van der Waals surface area contributed by atoms with Crippen molar-refractivity contribution in [2.75, 3.05) is 47.1 Å². The Morgan fingerprint density at radius 2 is 2.08 bits per heavy atom. The second-order valence-corrected chi connectivity index (χ2v) is 6.24. The van der Waals surface area contributed by atoms with Crippen LogP contribution in [0.2, 0.25) is 0 Å². The molecule has 1 N–H and O–H groups in total. The van der Waals surface area contributed by atoms with E-state index in [2.05, 4.69) is 4.90 Å². The molecule has 1 atom stereocenters. The molecule has 1 aromatic carbocycles. The van der Waals surface area contributed by atoms with Gasteiger partial charge in [0.15, 0.2) is 0 Å². The lowest BCUT2D eigenvalue weighted by Gasteiger charge is -2.39. The van der Waals surface area contributed by atoms with E-state index in [1.807, 2.05) is 24.3 Å². The minimum atomic E-state index is -0.724. The second-order valence-electron chi connectivity index (χ2n) is 6.24. The van der Waals surface area contributed by atoms with Crippen molar-refractivity contribution in [2.45, 2.75) is 19.3 Å². The van der Waals surface area contributed by atoms with Crippen LogP contribution in [0.5, 0.6) is 11.5 Å². The molecule has 0 bridgehead atoms. The maximum atomic E-state index is 11.8. The van der Waals surface area contributed by atoms with E-state index in [9.17, 15) is 9.90 Å². The largest absolute Gasteiger partial charge is 0.497 e. The molecule has 1 saturated heterocycles. The van der Waals surface area contributed by atoms with Gasteiger partial charge in [-0.15, -0.1) is 0 Å². The Balaban J connectivity index is 1.86. The lowest BCUT2D eigenvalue weighted by atomic mass is 9.77. The number of piperidine rings is 1. The summed E-state index contributed by atoms with van der Waals surface area (Å²) in [6, 6.07) is 7.49. The lowest BCUT2D eigenvalue weighted by molar-refractivity contribution is -0.154. The molecular formula is C18H27NO5. The zero-order chi connectivity index (χ0) is 17.4. The summed E-state index contributed by atoms with van der Waals surface area (Å²) in [7, 11) is 3.23. The van der Waals surface area contributed by atoms with Gasteiger partial charge in [0, 0.05) is 32.9 Å². The van der Waals surface area contributed by atoms with E-state index < -0.39 is 11.4 Å². The number of nitrogens with zero attached hydrogens (tertiary/aromatic N) is 1. The van der Waals surface area contributed by atoms with Crippen molar-refractivity contribution >= 4 is 5.97 Å². The summed E-state index contributed by atoms with van der Waals surface area (Å²) in [6.45, 7) is 3.16. The number of carboxylic acids is 1. The molecule has 1 fully saturated rings. The molecule has 0 unspecified atom stereocenters. The molecule has 0 aromatic heterocycles. The Labute approximate surface area is 143 Å². The Bertz CT molecular complexity index is 536. The van der Waals surface area contributed by atoms with Gasteiger partial charge in [-0.3, -0.25) is 9.69 Å². The van der Waals surface area contributed by atoms with Crippen LogP contribution >= 0.6 is 0 Å². The zero-order valence-corrected chi connectivity index (χ0v) is 14.5. The fourth-order valence-electron chi connectivity index (χ4n) is 3.18. The Morgan fingerprint density at radius 1 is 1.29 bits per heavy atom. The average Bonchev–Trinajstić information content (AvgIpc) is 2.60. The highest BCUT2D eigenvalue weighted by Crippen LogP contribution is 2.34. The van der Waals surface area contributed by atoms with Gasteiger partial charge in [-0.25, -0.2) is 0 Å². The molecular weight excluding hydrogens is 310 g/mol. The number of likely N-dealkylation sites (tertiary alicyclic amines) is 1. The van der Waals surface area contributed by atoms with Gasteiger partial charge in [0.2, 0.25) is 0 Å². The lowest BCUT2D eigenvalue weighted by Crippen LogP contribution is -2.49. The second kappa shape index (κ2) is 8.89. The van der Waals surface area contributed by atoms with Crippen LogP contribution in [0.3, 0.4) is 0 Å². The van der Waals surface area contributed by atoms with Crippen LogP contribution in [0.1, 0.15) is 19.3 Å². The Morgan fingerprint density at radius 3 is 2.79 bits per heavy atom. The van der Waals surface area contributed by atoms with Gasteiger partial charge in [0.05, 0.1) is 12.5 Å². The number of benzene rings is 1.